The van der Waals surface area contributed by atoms with Gasteiger partial charge in [-0.05, 0) is 37.1 Å². The first-order valence-electron chi connectivity index (χ1n) is 8.34. The quantitative estimate of drug-likeness (QED) is 0.782. The molecular formula is C18H18ClN5O. The van der Waals surface area contributed by atoms with Crippen LogP contribution in [0.25, 0.3) is 5.69 Å². The van der Waals surface area contributed by atoms with Crippen LogP contribution in [0.3, 0.4) is 0 Å². The van der Waals surface area contributed by atoms with Crippen LogP contribution in [-0.2, 0) is 19.5 Å². The van der Waals surface area contributed by atoms with E-state index in [1.807, 2.05) is 18.3 Å². The predicted molar refractivity (Wildman–Crippen MR) is 94.9 cm³/mol. The van der Waals surface area contributed by atoms with E-state index >= 15 is 0 Å². The maximum absolute atomic E-state index is 12.3. The minimum Gasteiger partial charge on any atom is -0.345 e. The number of hydrogen-bond acceptors (Lipinski definition) is 3. The maximum Gasteiger partial charge on any atom is 0.272 e. The zero-order chi connectivity index (χ0) is 17.2. The Labute approximate surface area is 150 Å². The molecule has 1 N–H and O–H groups in total. The minimum atomic E-state index is -0.216. The second-order valence-electron chi connectivity index (χ2n) is 6.11. The van der Waals surface area contributed by atoms with Gasteiger partial charge in [-0.15, -0.1) is 0 Å². The summed E-state index contributed by atoms with van der Waals surface area (Å²) < 4.78 is 3.81. The van der Waals surface area contributed by atoms with Gasteiger partial charge in [0, 0.05) is 30.4 Å². The SMILES string of the molecule is O=C(NCc1cn2c(n1)CCCC2)c1ccn(-c2cccc(Cl)c2)n1. The van der Waals surface area contributed by atoms with Crippen molar-refractivity contribution in [2.24, 2.45) is 0 Å². The van der Waals surface area contributed by atoms with Crippen LogP contribution in [-0.4, -0.2) is 25.2 Å². The molecule has 1 amide bonds. The summed E-state index contributed by atoms with van der Waals surface area (Å²) >= 11 is 6.00. The molecular weight excluding hydrogens is 338 g/mol. The van der Waals surface area contributed by atoms with Gasteiger partial charge in [0.05, 0.1) is 17.9 Å². The lowest BCUT2D eigenvalue weighted by atomic mass is 10.2. The normalized spacial score (nSPS) is 13.5. The van der Waals surface area contributed by atoms with E-state index in [-0.39, 0.29) is 5.91 Å². The highest BCUT2D eigenvalue weighted by Crippen LogP contribution is 2.15. The number of rotatable bonds is 4. The van der Waals surface area contributed by atoms with E-state index in [2.05, 4.69) is 20.0 Å². The highest BCUT2D eigenvalue weighted by molar-refractivity contribution is 6.30. The van der Waals surface area contributed by atoms with Gasteiger partial charge in [0.1, 0.15) is 5.82 Å². The van der Waals surface area contributed by atoms with Crippen molar-refractivity contribution in [3.05, 3.63) is 65.0 Å². The highest BCUT2D eigenvalue weighted by atomic mass is 35.5. The van der Waals surface area contributed by atoms with Gasteiger partial charge in [-0.3, -0.25) is 4.79 Å². The van der Waals surface area contributed by atoms with E-state index < -0.39 is 0 Å². The molecule has 0 aliphatic carbocycles. The van der Waals surface area contributed by atoms with Gasteiger partial charge < -0.3 is 9.88 Å². The lowest BCUT2D eigenvalue weighted by Crippen LogP contribution is -2.23. The zero-order valence-electron chi connectivity index (χ0n) is 13.7. The highest BCUT2D eigenvalue weighted by Gasteiger charge is 2.14. The van der Waals surface area contributed by atoms with Gasteiger partial charge in [0.25, 0.3) is 5.91 Å². The number of carbonyl (C=O) groups excluding carboxylic acids is 1. The third-order valence-corrected chi connectivity index (χ3v) is 4.52. The molecule has 0 radical (unpaired) electrons. The molecule has 6 nitrogen and oxygen atoms in total. The van der Waals surface area contributed by atoms with Crippen LogP contribution < -0.4 is 5.32 Å². The predicted octanol–water partition coefficient (Wildman–Crippen LogP) is 2.99. The van der Waals surface area contributed by atoms with Crippen molar-refractivity contribution < 1.29 is 4.79 Å². The summed E-state index contributed by atoms with van der Waals surface area (Å²) in [6.07, 6.45) is 7.16. The minimum absolute atomic E-state index is 0.216. The lowest BCUT2D eigenvalue weighted by Gasteiger charge is -2.11. The Hall–Kier alpha value is -2.60. The molecule has 25 heavy (non-hydrogen) atoms. The third kappa shape index (κ3) is 3.44. The summed E-state index contributed by atoms with van der Waals surface area (Å²) in [5.74, 6) is 0.896. The van der Waals surface area contributed by atoms with E-state index in [9.17, 15) is 4.79 Å². The van der Waals surface area contributed by atoms with Gasteiger partial charge >= 0.3 is 0 Å². The van der Waals surface area contributed by atoms with Crippen LogP contribution in [0, 0.1) is 0 Å². The Morgan fingerprint density at radius 2 is 2.20 bits per heavy atom. The number of imidazole rings is 1. The van der Waals surface area contributed by atoms with Crippen molar-refractivity contribution in [3.63, 3.8) is 0 Å². The molecule has 0 spiro atoms. The number of carbonyl (C=O) groups is 1. The molecule has 128 valence electrons. The molecule has 0 unspecified atom stereocenters. The molecule has 0 bridgehead atoms. The second kappa shape index (κ2) is 6.72. The van der Waals surface area contributed by atoms with E-state index in [1.165, 1.54) is 12.8 Å². The van der Waals surface area contributed by atoms with E-state index in [0.29, 0.717) is 17.3 Å². The number of amides is 1. The van der Waals surface area contributed by atoms with Crippen LogP contribution in [0.4, 0.5) is 0 Å². The number of benzene rings is 1. The first-order chi connectivity index (χ1) is 12.2. The van der Waals surface area contributed by atoms with Crippen LogP contribution in [0.15, 0.2) is 42.7 Å². The van der Waals surface area contributed by atoms with Crippen LogP contribution in [0.5, 0.6) is 0 Å². The van der Waals surface area contributed by atoms with Crippen molar-refractivity contribution in [3.8, 4) is 5.69 Å². The van der Waals surface area contributed by atoms with E-state index in [0.717, 1.165) is 30.2 Å². The number of fused-ring (bicyclic) bond motifs is 1. The summed E-state index contributed by atoms with van der Waals surface area (Å²) in [7, 11) is 0. The van der Waals surface area contributed by atoms with Gasteiger partial charge in [0.15, 0.2) is 5.69 Å². The molecule has 0 fully saturated rings. The molecule has 3 aromatic rings. The topological polar surface area (TPSA) is 64.7 Å². The first-order valence-corrected chi connectivity index (χ1v) is 8.71. The van der Waals surface area contributed by atoms with Crippen molar-refractivity contribution in [2.75, 3.05) is 0 Å². The van der Waals surface area contributed by atoms with Crippen LogP contribution >= 0.6 is 11.6 Å². The summed E-state index contributed by atoms with van der Waals surface area (Å²) in [6.45, 7) is 1.42. The van der Waals surface area contributed by atoms with Crippen LogP contribution in [0.2, 0.25) is 5.02 Å². The fourth-order valence-corrected chi connectivity index (χ4v) is 3.21. The Bertz CT molecular complexity index is 890. The van der Waals surface area contributed by atoms with Gasteiger partial charge in [-0.2, -0.15) is 5.10 Å². The number of nitrogens with one attached hydrogen (secondary N) is 1. The number of halogens is 1. The molecule has 1 aliphatic heterocycles. The molecule has 7 heteroatoms. The summed E-state index contributed by atoms with van der Waals surface area (Å²) in [4.78, 5) is 16.9. The fourth-order valence-electron chi connectivity index (χ4n) is 3.03. The van der Waals surface area contributed by atoms with Gasteiger partial charge in [0.2, 0.25) is 0 Å². The summed E-state index contributed by atoms with van der Waals surface area (Å²) in [5.41, 5.74) is 2.07. The molecule has 0 saturated carbocycles. The second-order valence-corrected chi connectivity index (χ2v) is 6.54. The van der Waals surface area contributed by atoms with Crippen molar-refractivity contribution in [1.82, 2.24) is 24.6 Å². The Morgan fingerprint density at radius 1 is 1.28 bits per heavy atom. The number of aromatic nitrogens is 4. The van der Waals surface area contributed by atoms with Gasteiger partial charge in [-0.1, -0.05) is 17.7 Å². The average Bonchev–Trinajstić information content (AvgIpc) is 3.26. The molecule has 1 aliphatic rings. The van der Waals surface area contributed by atoms with Crippen molar-refractivity contribution in [2.45, 2.75) is 32.4 Å². The largest absolute Gasteiger partial charge is 0.345 e. The monoisotopic (exact) mass is 355 g/mol. The lowest BCUT2D eigenvalue weighted by molar-refractivity contribution is 0.0945. The number of nitrogens with zero attached hydrogens (tertiary/aromatic N) is 4. The fraction of sp³-hybridized carbons (Fsp3) is 0.278. The smallest absolute Gasteiger partial charge is 0.272 e. The molecule has 2 aromatic heterocycles. The number of aryl methyl sites for hydroxylation is 2. The maximum atomic E-state index is 12.3. The Balaban J connectivity index is 1.42. The molecule has 0 saturated heterocycles. The zero-order valence-corrected chi connectivity index (χ0v) is 14.4. The van der Waals surface area contributed by atoms with Crippen molar-refractivity contribution in [1.29, 1.82) is 0 Å². The van der Waals surface area contributed by atoms with Crippen molar-refractivity contribution >= 4 is 17.5 Å². The van der Waals surface area contributed by atoms with E-state index in [4.69, 9.17) is 11.6 Å². The average molecular weight is 356 g/mol. The molecule has 3 heterocycles. The third-order valence-electron chi connectivity index (χ3n) is 4.28. The standard InChI is InChI=1S/C18H18ClN5O/c19-13-4-3-5-15(10-13)24-9-7-16(22-24)18(25)20-11-14-12-23-8-2-1-6-17(23)21-14/h3-5,7,9-10,12H,1-2,6,8,11H2,(H,20,25). The first kappa shape index (κ1) is 15.9. The molecule has 1 aromatic carbocycles. The molecule has 0 atom stereocenters. The number of hydrogen-bond donors (Lipinski definition) is 1. The summed E-state index contributed by atoms with van der Waals surface area (Å²) in [5, 5.41) is 7.83. The Morgan fingerprint density at radius 3 is 3.04 bits per heavy atom. The van der Waals surface area contributed by atoms with E-state index in [1.54, 1.807) is 29.1 Å². The summed E-state index contributed by atoms with van der Waals surface area (Å²) in [6, 6.07) is 9.02. The van der Waals surface area contributed by atoms with Gasteiger partial charge in [-0.25, -0.2) is 9.67 Å². The Kier molecular flexibility index (Phi) is 4.28. The molecule has 4 rings (SSSR count). The van der Waals surface area contributed by atoms with Crippen LogP contribution in [0.1, 0.15) is 34.8 Å².